The van der Waals surface area contributed by atoms with Gasteiger partial charge >= 0.3 is 0 Å². The largest absolute Gasteiger partial charge is 0.349 e. The molecular formula is C18H28O2. The third kappa shape index (κ3) is 1.42. The van der Waals surface area contributed by atoms with Gasteiger partial charge in [0.25, 0.3) is 0 Å². The van der Waals surface area contributed by atoms with E-state index in [1.54, 1.807) is 11.1 Å². The fraction of sp³-hybridized carbons (Fsp3) is 0.889. The summed E-state index contributed by atoms with van der Waals surface area (Å²) >= 11 is 0. The first-order valence-corrected chi connectivity index (χ1v) is 8.42. The number of hydrogen-bond donors (Lipinski definition) is 0. The molecule has 3 atom stereocenters. The van der Waals surface area contributed by atoms with Crippen LogP contribution in [-0.2, 0) is 9.47 Å². The van der Waals surface area contributed by atoms with Crippen molar-refractivity contribution in [1.29, 1.82) is 0 Å². The summed E-state index contributed by atoms with van der Waals surface area (Å²) < 4.78 is 12.6. The quantitative estimate of drug-likeness (QED) is 0.609. The van der Waals surface area contributed by atoms with Gasteiger partial charge in [-0.2, -0.15) is 0 Å². The van der Waals surface area contributed by atoms with Crippen molar-refractivity contribution < 1.29 is 9.47 Å². The summed E-state index contributed by atoms with van der Waals surface area (Å²) in [5.74, 6) is 0.834. The molecule has 0 aromatic carbocycles. The molecule has 2 heteroatoms. The van der Waals surface area contributed by atoms with Gasteiger partial charge < -0.3 is 9.47 Å². The molecule has 1 saturated carbocycles. The van der Waals surface area contributed by atoms with E-state index in [4.69, 9.17) is 9.47 Å². The SMILES string of the molecule is CC1(C)C2=C3CCCCC3CCC23COC(O3)C1(C)C. The third-order valence-electron chi connectivity index (χ3n) is 7.04. The molecule has 2 nitrogen and oxygen atoms in total. The monoisotopic (exact) mass is 276 g/mol. The molecule has 112 valence electrons. The molecule has 1 spiro atoms. The molecule has 2 aliphatic carbocycles. The molecule has 2 heterocycles. The average molecular weight is 276 g/mol. The molecule has 0 aromatic heterocycles. The Kier molecular flexibility index (Phi) is 2.60. The number of fused-ring (bicyclic) bond motifs is 2. The molecule has 3 fully saturated rings. The molecule has 0 amide bonds. The Morgan fingerprint density at radius 3 is 2.65 bits per heavy atom. The van der Waals surface area contributed by atoms with Crippen molar-refractivity contribution in [3.05, 3.63) is 11.1 Å². The molecule has 0 N–H and O–H groups in total. The molecule has 2 saturated heterocycles. The number of hydrogen-bond acceptors (Lipinski definition) is 2. The first kappa shape index (κ1) is 13.3. The van der Waals surface area contributed by atoms with E-state index in [9.17, 15) is 0 Å². The minimum Gasteiger partial charge on any atom is -0.349 e. The Balaban J connectivity index is 1.93. The van der Waals surface area contributed by atoms with E-state index in [1.807, 2.05) is 0 Å². The van der Waals surface area contributed by atoms with Crippen molar-refractivity contribution >= 4 is 0 Å². The highest BCUT2D eigenvalue weighted by molar-refractivity contribution is 5.40. The van der Waals surface area contributed by atoms with E-state index in [-0.39, 0.29) is 22.7 Å². The van der Waals surface area contributed by atoms with Crippen molar-refractivity contribution in [3.8, 4) is 0 Å². The van der Waals surface area contributed by atoms with Crippen LogP contribution in [0.15, 0.2) is 11.1 Å². The smallest absolute Gasteiger partial charge is 0.164 e. The zero-order valence-corrected chi connectivity index (χ0v) is 13.4. The van der Waals surface area contributed by atoms with Crippen LogP contribution in [0.2, 0.25) is 0 Å². The maximum Gasteiger partial charge on any atom is 0.164 e. The number of ether oxygens (including phenoxy) is 2. The lowest BCUT2D eigenvalue weighted by Gasteiger charge is -2.57. The minimum absolute atomic E-state index is 0.0259. The molecule has 4 rings (SSSR count). The molecule has 3 unspecified atom stereocenters. The van der Waals surface area contributed by atoms with Crippen LogP contribution in [0.4, 0.5) is 0 Å². The highest BCUT2D eigenvalue weighted by Gasteiger charge is 2.65. The van der Waals surface area contributed by atoms with Crippen LogP contribution in [0, 0.1) is 16.7 Å². The van der Waals surface area contributed by atoms with Crippen LogP contribution >= 0.6 is 0 Å². The van der Waals surface area contributed by atoms with Gasteiger partial charge in [-0.1, -0.05) is 39.7 Å². The molecule has 20 heavy (non-hydrogen) atoms. The van der Waals surface area contributed by atoms with Crippen molar-refractivity contribution in [1.82, 2.24) is 0 Å². The second kappa shape index (κ2) is 3.89. The van der Waals surface area contributed by atoms with Crippen molar-refractivity contribution in [2.24, 2.45) is 16.7 Å². The normalized spacial score (nSPS) is 45.0. The van der Waals surface area contributed by atoms with Crippen molar-refractivity contribution in [2.45, 2.75) is 78.1 Å². The van der Waals surface area contributed by atoms with Gasteiger partial charge in [0.15, 0.2) is 6.29 Å². The van der Waals surface area contributed by atoms with E-state index in [0.717, 1.165) is 12.5 Å². The standard InChI is InChI=1S/C18H28O2/c1-16(2)14-13-8-6-5-7-12(13)9-10-18(14)11-19-15(20-18)17(16,3)4/h12,15H,5-11H2,1-4H3. The first-order valence-electron chi connectivity index (χ1n) is 8.42. The molecule has 0 aromatic rings. The summed E-state index contributed by atoms with van der Waals surface area (Å²) in [6.07, 6.45) is 7.94. The second-order valence-corrected chi connectivity index (χ2v) is 8.48. The van der Waals surface area contributed by atoms with Crippen LogP contribution in [0.1, 0.15) is 66.2 Å². The maximum atomic E-state index is 6.51. The topological polar surface area (TPSA) is 18.5 Å². The molecule has 2 aliphatic heterocycles. The van der Waals surface area contributed by atoms with Crippen LogP contribution < -0.4 is 0 Å². The van der Waals surface area contributed by atoms with Gasteiger partial charge in [-0.15, -0.1) is 0 Å². The van der Waals surface area contributed by atoms with E-state index in [0.29, 0.717) is 0 Å². The Morgan fingerprint density at radius 1 is 1.05 bits per heavy atom. The van der Waals surface area contributed by atoms with Gasteiger partial charge in [-0.05, 0) is 49.0 Å². The lowest BCUT2D eigenvalue weighted by Crippen LogP contribution is -2.57. The average Bonchev–Trinajstić information content (AvgIpc) is 2.80. The van der Waals surface area contributed by atoms with Crippen molar-refractivity contribution in [2.75, 3.05) is 6.61 Å². The highest BCUT2D eigenvalue weighted by Crippen LogP contribution is 2.64. The second-order valence-electron chi connectivity index (χ2n) is 8.48. The van der Waals surface area contributed by atoms with E-state index >= 15 is 0 Å². The number of allylic oxidation sites excluding steroid dienone is 1. The lowest BCUT2D eigenvalue weighted by molar-refractivity contribution is -0.208. The summed E-state index contributed by atoms with van der Waals surface area (Å²) in [6, 6.07) is 0. The first-order chi connectivity index (χ1) is 9.38. The third-order valence-corrected chi connectivity index (χ3v) is 7.04. The number of rotatable bonds is 0. The Labute approximate surface area is 122 Å². The highest BCUT2D eigenvalue weighted by atomic mass is 16.7. The Bertz CT molecular complexity index is 474. The van der Waals surface area contributed by atoms with Crippen molar-refractivity contribution in [3.63, 3.8) is 0 Å². The molecule has 0 radical (unpaired) electrons. The van der Waals surface area contributed by atoms with E-state index < -0.39 is 0 Å². The van der Waals surface area contributed by atoms with Gasteiger partial charge in [0.2, 0.25) is 0 Å². The van der Waals surface area contributed by atoms with E-state index in [1.165, 1.54) is 38.5 Å². The zero-order chi connectivity index (χ0) is 14.2. The Morgan fingerprint density at radius 2 is 1.85 bits per heavy atom. The summed E-state index contributed by atoms with van der Waals surface area (Å²) in [5, 5.41) is 0. The molecule has 2 bridgehead atoms. The van der Waals surface area contributed by atoms with Gasteiger partial charge in [0.05, 0.1) is 6.61 Å². The summed E-state index contributed by atoms with van der Waals surface area (Å²) in [6.45, 7) is 10.3. The zero-order valence-electron chi connectivity index (χ0n) is 13.4. The van der Waals surface area contributed by atoms with Gasteiger partial charge in [-0.25, -0.2) is 0 Å². The minimum atomic E-state index is -0.0765. The summed E-state index contributed by atoms with van der Waals surface area (Å²) in [5.41, 5.74) is 3.54. The fourth-order valence-corrected chi connectivity index (χ4v) is 5.25. The van der Waals surface area contributed by atoms with Gasteiger partial charge in [0, 0.05) is 5.41 Å². The van der Waals surface area contributed by atoms with Gasteiger partial charge in [-0.3, -0.25) is 0 Å². The van der Waals surface area contributed by atoms with Gasteiger partial charge in [0.1, 0.15) is 5.60 Å². The van der Waals surface area contributed by atoms with E-state index in [2.05, 4.69) is 27.7 Å². The lowest BCUT2D eigenvalue weighted by atomic mass is 9.53. The summed E-state index contributed by atoms with van der Waals surface area (Å²) in [7, 11) is 0. The predicted octanol–water partition coefficient (Wildman–Crippen LogP) is 4.44. The van der Waals surface area contributed by atoms with Crippen LogP contribution in [0.25, 0.3) is 0 Å². The molecule has 4 aliphatic rings. The molecular weight excluding hydrogens is 248 g/mol. The Hall–Kier alpha value is -0.340. The van der Waals surface area contributed by atoms with Crippen LogP contribution in [0.5, 0.6) is 0 Å². The van der Waals surface area contributed by atoms with Crippen LogP contribution in [0.3, 0.4) is 0 Å². The fourth-order valence-electron chi connectivity index (χ4n) is 5.25. The summed E-state index contributed by atoms with van der Waals surface area (Å²) in [4.78, 5) is 0. The predicted molar refractivity (Wildman–Crippen MR) is 79.3 cm³/mol. The maximum absolute atomic E-state index is 6.51. The van der Waals surface area contributed by atoms with Crippen LogP contribution in [-0.4, -0.2) is 18.5 Å².